The van der Waals surface area contributed by atoms with Gasteiger partial charge in [-0.15, -0.1) is 0 Å². The molecule has 4 N–H and O–H groups in total. The first kappa shape index (κ1) is 17.9. The quantitative estimate of drug-likeness (QED) is 0.647. The summed E-state index contributed by atoms with van der Waals surface area (Å²) in [5.74, 6) is -1.44. The molecule has 0 bridgehead atoms. The molecule has 1 amide bonds. The molecule has 0 saturated heterocycles. The van der Waals surface area contributed by atoms with Crippen molar-refractivity contribution in [2.24, 2.45) is 0 Å². The molecule has 1 aromatic rings. The monoisotopic (exact) mass is 381 g/mol. The standard InChI is InChI=1S/C12H17BrFN3O3S/c1-3-4-16-12(18)7(2)17-21(19,20)10-6-8(15)5-9(13)11(10)14/h5-7,17H,3-4,15H2,1-2H3,(H,16,18). The van der Waals surface area contributed by atoms with Gasteiger partial charge in [-0.3, -0.25) is 4.79 Å². The summed E-state index contributed by atoms with van der Waals surface area (Å²) in [5.41, 5.74) is 5.60. The number of carbonyl (C=O) groups excluding carboxylic acids is 1. The molecule has 1 unspecified atom stereocenters. The van der Waals surface area contributed by atoms with Crippen LogP contribution in [0.4, 0.5) is 10.1 Å². The van der Waals surface area contributed by atoms with Crippen molar-refractivity contribution < 1.29 is 17.6 Å². The number of amides is 1. The number of anilines is 1. The van der Waals surface area contributed by atoms with Crippen molar-refractivity contribution in [1.82, 2.24) is 10.0 Å². The second kappa shape index (κ2) is 7.19. The molecule has 0 aromatic heterocycles. The Labute approximate surface area is 131 Å². The molecule has 21 heavy (non-hydrogen) atoms. The van der Waals surface area contributed by atoms with E-state index in [1.807, 2.05) is 6.92 Å². The lowest BCUT2D eigenvalue weighted by Gasteiger charge is -2.15. The van der Waals surface area contributed by atoms with Crippen LogP contribution in [0.5, 0.6) is 0 Å². The first-order valence-electron chi connectivity index (χ1n) is 6.23. The van der Waals surface area contributed by atoms with E-state index in [2.05, 4.69) is 26.0 Å². The molecule has 1 aromatic carbocycles. The lowest BCUT2D eigenvalue weighted by molar-refractivity contribution is -0.122. The van der Waals surface area contributed by atoms with Crippen molar-refractivity contribution in [3.63, 3.8) is 0 Å². The van der Waals surface area contributed by atoms with E-state index in [4.69, 9.17) is 5.73 Å². The van der Waals surface area contributed by atoms with Gasteiger partial charge in [0.05, 0.1) is 10.5 Å². The number of carbonyl (C=O) groups is 1. The highest BCUT2D eigenvalue weighted by Crippen LogP contribution is 2.26. The number of nitrogens with two attached hydrogens (primary N) is 1. The Bertz CT molecular complexity index is 637. The summed E-state index contributed by atoms with van der Waals surface area (Å²) in [6, 6.07) is 1.23. The molecule has 0 aliphatic rings. The maximum Gasteiger partial charge on any atom is 0.244 e. The number of halogens is 2. The largest absolute Gasteiger partial charge is 0.399 e. The van der Waals surface area contributed by atoms with Crippen LogP contribution in [0, 0.1) is 5.82 Å². The normalized spacial score (nSPS) is 13.0. The number of nitrogens with one attached hydrogen (secondary N) is 2. The third-order valence-electron chi connectivity index (χ3n) is 2.58. The highest BCUT2D eigenvalue weighted by atomic mass is 79.9. The molecular formula is C12H17BrFN3O3S. The minimum Gasteiger partial charge on any atom is -0.399 e. The van der Waals surface area contributed by atoms with Gasteiger partial charge < -0.3 is 11.1 Å². The minimum atomic E-state index is -4.20. The van der Waals surface area contributed by atoms with Crippen molar-refractivity contribution >= 4 is 37.5 Å². The van der Waals surface area contributed by atoms with Gasteiger partial charge in [-0.25, -0.2) is 12.8 Å². The van der Waals surface area contributed by atoms with Crippen LogP contribution in [0.15, 0.2) is 21.5 Å². The Kier molecular flexibility index (Phi) is 6.11. The average molecular weight is 382 g/mol. The third kappa shape index (κ3) is 4.65. The average Bonchev–Trinajstić information content (AvgIpc) is 2.39. The highest BCUT2D eigenvalue weighted by molar-refractivity contribution is 9.10. The van der Waals surface area contributed by atoms with Crippen molar-refractivity contribution in [2.75, 3.05) is 12.3 Å². The van der Waals surface area contributed by atoms with Gasteiger partial charge in [0, 0.05) is 12.2 Å². The number of nitrogen functional groups attached to an aromatic ring is 1. The molecule has 0 radical (unpaired) electrons. The first-order valence-corrected chi connectivity index (χ1v) is 8.51. The van der Waals surface area contributed by atoms with Crippen molar-refractivity contribution in [2.45, 2.75) is 31.2 Å². The molecule has 6 nitrogen and oxygen atoms in total. The summed E-state index contributed by atoms with van der Waals surface area (Å²) in [6.45, 7) is 3.68. The van der Waals surface area contributed by atoms with Crippen LogP contribution in [0.3, 0.4) is 0 Å². The molecular weight excluding hydrogens is 365 g/mol. The fraction of sp³-hybridized carbons (Fsp3) is 0.417. The summed E-state index contributed by atoms with van der Waals surface area (Å²) in [4.78, 5) is 11.1. The number of rotatable bonds is 6. The molecule has 9 heteroatoms. The van der Waals surface area contributed by atoms with Crippen LogP contribution in [-0.4, -0.2) is 26.9 Å². The smallest absolute Gasteiger partial charge is 0.244 e. The first-order chi connectivity index (χ1) is 9.69. The Morgan fingerprint density at radius 1 is 1.48 bits per heavy atom. The van der Waals surface area contributed by atoms with Crippen molar-refractivity contribution in [3.05, 3.63) is 22.4 Å². The van der Waals surface area contributed by atoms with Crippen LogP contribution in [0.2, 0.25) is 0 Å². The van der Waals surface area contributed by atoms with Gasteiger partial charge in [-0.2, -0.15) is 4.72 Å². The number of hydrogen-bond acceptors (Lipinski definition) is 4. The van der Waals surface area contributed by atoms with Crippen LogP contribution in [0.1, 0.15) is 20.3 Å². The molecule has 1 rings (SSSR count). The molecule has 0 saturated carbocycles. The van der Waals surface area contributed by atoms with E-state index in [-0.39, 0.29) is 10.2 Å². The summed E-state index contributed by atoms with van der Waals surface area (Å²) < 4.78 is 40.2. The summed E-state index contributed by atoms with van der Waals surface area (Å²) in [6.07, 6.45) is 0.724. The van der Waals surface area contributed by atoms with Crippen LogP contribution < -0.4 is 15.8 Å². The van der Waals surface area contributed by atoms with Gasteiger partial charge in [0.25, 0.3) is 0 Å². The molecule has 0 heterocycles. The molecule has 0 fully saturated rings. The Balaban J connectivity index is 3.00. The maximum atomic E-state index is 13.9. The number of benzene rings is 1. The fourth-order valence-electron chi connectivity index (χ4n) is 1.53. The fourth-order valence-corrected chi connectivity index (χ4v) is 3.48. The number of hydrogen-bond donors (Lipinski definition) is 3. The highest BCUT2D eigenvalue weighted by Gasteiger charge is 2.26. The Morgan fingerprint density at radius 3 is 2.67 bits per heavy atom. The molecule has 0 aliphatic carbocycles. The van der Waals surface area contributed by atoms with Gasteiger partial charge in [0.15, 0.2) is 5.82 Å². The molecule has 0 aliphatic heterocycles. The van der Waals surface area contributed by atoms with Crippen molar-refractivity contribution in [1.29, 1.82) is 0 Å². The van der Waals surface area contributed by atoms with Crippen LogP contribution >= 0.6 is 15.9 Å². The van der Waals surface area contributed by atoms with E-state index in [0.29, 0.717) is 6.54 Å². The van der Waals surface area contributed by atoms with Gasteiger partial charge in [-0.05, 0) is 41.4 Å². The maximum absolute atomic E-state index is 13.9. The van der Waals surface area contributed by atoms with Crippen LogP contribution in [0.25, 0.3) is 0 Å². The Hall–Kier alpha value is -1.19. The second-order valence-electron chi connectivity index (χ2n) is 4.45. The third-order valence-corrected chi connectivity index (χ3v) is 4.70. The van der Waals surface area contributed by atoms with Crippen molar-refractivity contribution in [3.8, 4) is 0 Å². The topological polar surface area (TPSA) is 101 Å². The molecule has 118 valence electrons. The summed E-state index contributed by atoms with van der Waals surface area (Å²) >= 11 is 2.89. The van der Waals surface area contributed by atoms with E-state index in [1.54, 1.807) is 0 Å². The predicted octanol–water partition coefficient (Wildman–Crippen LogP) is 1.36. The summed E-state index contributed by atoms with van der Waals surface area (Å²) in [5, 5.41) is 2.55. The zero-order chi connectivity index (χ0) is 16.2. The summed E-state index contributed by atoms with van der Waals surface area (Å²) in [7, 11) is -4.20. The lowest BCUT2D eigenvalue weighted by atomic mass is 10.3. The zero-order valence-electron chi connectivity index (χ0n) is 11.6. The predicted molar refractivity (Wildman–Crippen MR) is 81.6 cm³/mol. The van der Waals surface area contributed by atoms with E-state index >= 15 is 0 Å². The number of sulfonamides is 1. The van der Waals surface area contributed by atoms with E-state index in [1.165, 1.54) is 13.0 Å². The van der Waals surface area contributed by atoms with E-state index in [9.17, 15) is 17.6 Å². The molecule has 0 spiro atoms. The lowest BCUT2D eigenvalue weighted by Crippen LogP contribution is -2.45. The minimum absolute atomic E-state index is 0.0639. The van der Waals surface area contributed by atoms with Gasteiger partial charge in [-0.1, -0.05) is 6.92 Å². The van der Waals surface area contributed by atoms with E-state index < -0.39 is 32.7 Å². The van der Waals surface area contributed by atoms with Gasteiger partial charge >= 0.3 is 0 Å². The van der Waals surface area contributed by atoms with Gasteiger partial charge in [0.1, 0.15) is 4.90 Å². The van der Waals surface area contributed by atoms with Crippen LogP contribution in [-0.2, 0) is 14.8 Å². The van der Waals surface area contributed by atoms with E-state index in [0.717, 1.165) is 12.5 Å². The Morgan fingerprint density at radius 2 is 2.10 bits per heavy atom. The van der Waals surface area contributed by atoms with Gasteiger partial charge in [0.2, 0.25) is 15.9 Å². The SMILES string of the molecule is CCCNC(=O)C(C)NS(=O)(=O)c1cc(N)cc(Br)c1F. The molecule has 1 atom stereocenters. The second-order valence-corrected chi connectivity index (χ2v) is 6.99. The zero-order valence-corrected chi connectivity index (χ0v) is 14.0.